The number of aromatic nitrogens is 5. The highest BCUT2D eigenvalue weighted by atomic mass is 19.3. The molecule has 8 nitrogen and oxygen atoms in total. The van der Waals surface area contributed by atoms with Crippen LogP contribution in [0.5, 0.6) is 0 Å². The summed E-state index contributed by atoms with van der Waals surface area (Å²) in [5.74, 6) is 1.39. The molecule has 1 fully saturated rings. The fourth-order valence-electron chi connectivity index (χ4n) is 3.86. The predicted molar refractivity (Wildman–Crippen MR) is 109 cm³/mol. The van der Waals surface area contributed by atoms with E-state index in [4.69, 9.17) is 11.1 Å². The summed E-state index contributed by atoms with van der Waals surface area (Å²) in [7, 11) is 0. The van der Waals surface area contributed by atoms with Gasteiger partial charge < -0.3 is 10.6 Å². The van der Waals surface area contributed by atoms with E-state index in [9.17, 15) is 8.78 Å². The Bertz CT molecular complexity index is 1100. The van der Waals surface area contributed by atoms with Crippen LogP contribution in [0.15, 0.2) is 42.1 Å². The SMILES string of the molecule is C/C(N)=C(/C=[NH2+])C1CCCN(c2ccnc(-c3cnc4cnc(C(F)F)cn34)n2)C1. The molecule has 0 saturated carbocycles. The summed E-state index contributed by atoms with van der Waals surface area (Å²) in [6.07, 6.45) is 6.71. The van der Waals surface area contributed by atoms with Crippen molar-refractivity contribution < 1.29 is 14.2 Å². The first kappa shape index (κ1) is 19.9. The molecule has 4 rings (SSSR count). The largest absolute Gasteiger partial charge is 0.402 e. The summed E-state index contributed by atoms with van der Waals surface area (Å²) in [5.41, 5.74) is 8.33. The molecule has 4 N–H and O–H groups in total. The van der Waals surface area contributed by atoms with Gasteiger partial charge in [-0.05, 0) is 25.8 Å². The third-order valence-corrected chi connectivity index (χ3v) is 5.33. The molecule has 3 aromatic rings. The minimum Gasteiger partial charge on any atom is -0.402 e. The second-order valence-electron chi connectivity index (χ2n) is 7.31. The summed E-state index contributed by atoms with van der Waals surface area (Å²) >= 11 is 0. The van der Waals surface area contributed by atoms with E-state index in [1.807, 2.05) is 13.0 Å². The van der Waals surface area contributed by atoms with Crippen molar-refractivity contribution in [3.05, 3.63) is 47.8 Å². The summed E-state index contributed by atoms with van der Waals surface area (Å²) in [6.45, 7) is 3.44. The zero-order valence-corrected chi connectivity index (χ0v) is 16.5. The summed E-state index contributed by atoms with van der Waals surface area (Å²) in [5, 5.41) is 5.79. The molecule has 1 aliphatic rings. The average Bonchev–Trinajstić information content (AvgIpc) is 3.17. The maximum atomic E-state index is 13.1. The van der Waals surface area contributed by atoms with Crippen LogP contribution in [0.2, 0.25) is 0 Å². The number of halogens is 2. The number of imidazole rings is 1. The number of nitrogens with two attached hydrogens (primary N) is 2. The number of fused-ring (bicyclic) bond motifs is 1. The second kappa shape index (κ2) is 8.13. The summed E-state index contributed by atoms with van der Waals surface area (Å²) in [6, 6.07) is 1.84. The lowest BCUT2D eigenvalue weighted by Gasteiger charge is -2.33. The maximum Gasteiger partial charge on any atom is 0.281 e. The molecular weight excluding hydrogens is 390 g/mol. The van der Waals surface area contributed by atoms with Crippen molar-refractivity contribution in [2.24, 2.45) is 11.7 Å². The fourth-order valence-corrected chi connectivity index (χ4v) is 3.86. The molecule has 0 bridgehead atoms. The van der Waals surface area contributed by atoms with Gasteiger partial charge in [-0.1, -0.05) is 0 Å². The van der Waals surface area contributed by atoms with Gasteiger partial charge in [-0.3, -0.25) is 9.81 Å². The van der Waals surface area contributed by atoms with E-state index in [1.54, 1.807) is 18.6 Å². The molecule has 156 valence electrons. The van der Waals surface area contributed by atoms with Crippen molar-refractivity contribution >= 4 is 17.7 Å². The van der Waals surface area contributed by atoms with Crippen LogP contribution in [-0.2, 0) is 0 Å². The number of alkyl halides is 2. The number of piperidine rings is 1. The number of anilines is 1. The molecule has 0 aromatic carbocycles. The number of hydrogen-bond donors (Lipinski definition) is 2. The number of allylic oxidation sites excluding steroid dienone is 1. The molecular formula is C20H23F2N8+. The Labute approximate surface area is 172 Å². The van der Waals surface area contributed by atoms with Crippen molar-refractivity contribution in [2.75, 3.05) is 18.0 Å². The number of rotatable bonds is 5. The minimum absolute atomic E-state index is 0.225. The van der Waals surface area contributed by atoms with Crippen molar-refractivity contribution in [2.45, 2.75) is 26.2 Å². The smallest absolute Gasteiger partial charge is 0.281 e. The second-order valence-corrected chi connectivity index (χ2v) is 7.31. The Hall–Kier alpha value is -3.43. The Morgan fingerprint density at radius 2 is 2.13 bits per heavy atom. The van der Waals surface area contributed by atoms with Gasteiger partial charge in [-0.2, -0.15) is 0 Å². The molecule has 0 radical (unpaired) electrons. The van der Waals surface area contributed by atoms with Crippen molar-refractivity contribution in [1.29, 1.82) is 0 Å². The fraction of sp³-hybridized carbons (Fsp3) is 0.350. The Balaban J connectivity index is 1.67. The molecule has 0 aliphatic carbocycles. The van der Waals surface area contributed by atoms with Gasteiger partial charge in [0.2, 0.25) is 0 Å². The molecule has 1 unspecified atom stereocenters. The quantitative estimate of drug-likeness (QED) is 0.612. The van der Waals surface area contributed by atoms with E-state index in [2.05, 4.69) is 24.8 Å². The normalized spacial score (nSPS) is 18.0. The third-order valence-electron chi connectivity index (χ3n) is 5.33. The zero-order valence-electron chi connectivity index (χ0n) is 16.5. The minimum atomic E-state index is -2.67. The molecule has 10 heteroatoms. The van der Waals surface area contributed by atoms with Crippen LogP contribution in [0.25, 0.3) is 17.2 Å². The Morgan fingerprint density at radius 3 is 2.87 bits per heavy atom. The van der Waals surface area contributed by atoms with Crippen LogP contribution in [0.4, 0.5) is 14.6 Å². The first-order valence-electron chi connectivity index (χ1n) is 9.68. The maximum absolute atomic E-state index is 13.1. The first-order chi connectivity index (χ1) is 14.5. The monoisotopic (exact) mass is 413 g/mol. The molecule has 0 amide bonds. The van der Waals surface area contributed by atoms with Crippen molar-refractivity contribution in [1.82, 2.24) is 24.3 Å². The molecule has 1 saturated heterocycles. The molecule has 0 spiro atoms. The molecule has 1 atom stereocenters. The molecule has 4 heterocycles. The third kappa shape index (κ3) is 3.72. The lowest BCUT2D eigenvalue weighted by Crippen LogP contribution is -2.40. The average molecular weight is 413 g/mol. The van der Waals surface area contributed by atoms with Crippen LogP contribution in [0, 0.1) is 5.92 Å². The van der Waals surface area contributed by atoms with Gasteiger partial charge in [0.1, 0.15) is 17.2 Å². The summed E-state index contributed by atoms with van der Waals surface area (Å²) < 4.78 is 27.7. The highest BCUT2D eigenvalue weighted by Crippen LogP contribution is 2.28. The van der Waals surface area contributed by atoms with Crippen LogP contribution in [0.3, 0.4) is 0 Å². The molecule has 30 heavy (non-hydrogen) atoms. The lowest BCUT2D eigenvalue weighted by molar-refractivity contribution is -0.105. The van der Waals surface area contributed by atoms with Gasteiger partial charge in [0.15, 0.2) is 17.7 Å². The lowest BCUT2D eigenvalue weighted by atomic mass is 9.90. The van der Waals surface area contributed by atoms with Gasteiger partial charge in [-0.15, -0.1) is 0 Å². The van der Waals surface area contributed by atoms with Gasteiger partial charge in [0, 0.05) is 42.7 Å². The number of hydrogen-bond acceptors (Lipinski definition) is 6. The number of nitrogens with zero attached hydrogens (tertiary/aromatic N) is 6. The predicted octanol–water partition coefficient (Wildman–Crippen LogP) is 1.40. The van der Waals surface area contributed by atoms with E-state index < -0.39 is 6.43 Å². The highest BCUT2D eigenvalue weighted by molar-refractivity contribution is 5.75. The van der Waals surface area contributed by atoms with E-state index >= 15 is 0 Å². The van der Waals surface area contributed by atoms with Crippen LogP contribution in [0.1, 0.15) is 31.9 Å². The summed E-state index contributed by atoms with van der Waals surface area (Å²) in [4.78, 5) is 19.2. The Morgan fingerprint density at radius 1 is 1.30 bits per heavy atom. The van der Waals surface area contributed by atoms with Gasteiger partial charge in [0.05, 0.1) is 12.4 Å². The van der Waals surface area contributed by atoms with Crippen molar-refractivity contribution in [3.63, 3.8) is 0 Å². The van der Waals surface area contributed by atoms with Gasteiger partial charge >= 0.3 is 0 Å². The van der Waals surface area contributed by atoms with Gasteiger partial charge in [-0.25, -0.2) is 28.7 Å². The molecule has 1 aliphatic heterocycles. The van der Waals surface area contributed by atoms with Crippen LogP contribution < -0.4 is 16.0 Å². The van der Waals surface area contributed by atoms with E-state index in [1.165, 1.54) is 16.8 Å². The first-order valence-corrected chi connectivity index (χ1v) is 9.68. The van der Waals surface area contributed by atoms with Crippen molar-refractivity contribution in [3.8, 4) is 11.5 Å². The Kier molecular flexibility index (Phi) is 5.39. The standard InChI is InChI=1S/C20H22F2N8/c1-12(24)14(7-23)13-3-2-6-29(10-13)17-4-5-25-20(28-17)16-8-27-18-9-26-15(19(21)22)11-30(16)18/h4-5,7-9,11,13,19,23H,2-3,6,10,24H2,1H3/p+1/b14-12+,23-7?. The van der Waals surface area contributed by atoms with Crippen LogP contribution >= 0.6 is 0 Å². The van der Waals surface area contributed by atoms with E-state index in [0.29, 0.717) is 17.2 Å². The highest BCUT2D eigenvalue weighted by Gasteiger charge is 2.25. The van der Waals surface area contributed by atoms with Gasteiger partial charge in [0.25, 0.3) is 6.43 Å². The van der Waals surface area contributed by atoms with Crippen LogP contribution in [-0.4, -0.2) is 43.6 Å². The molecule has 3 aromatic heterocycles. The topological polar surface area (TPSA) is 111 Å². The van der Waals surface area contributed by atoms with E-state index in [-0.39, 0.29) is 11.6 Å². The zero-order chi connectivity index (χ0) is 21.3. The van der Waals surface area contributed by atoms with E-state index in [0.717, 1.165) is 43.0 Å².